The van der Waals surface area contributed by atoms with Crippen LogP contribution in [0.4, 0.5) is 15.8 Å². The average molecular weight is 398 g/mol. The van der Waals surface area contributed by atoms with Crippen molar-refractivity contribution in [1.29, 1.82) is 0 Å². The van der Waals surface area contributed by atoms with Gasteiger partial charge in [0, 0.05) is 31.5 Å². The summed E-state index contributed by atoms with van der Waals surface area (Å²) in [5, 5.41) is 5.10. The normalized spacial score (nSPS) is 14.3. The molecular weight excluding hydrogens is 371 g/mol. The highest BCUT2D eigenvalue weighted by molar-refractivity contribution is 6.39. The molecule has 0 aliphatic carbocycles. The Morgan fingerprint density at radius 1 is 1.17 bits per heavy atom. The predicted molar refractivity (Wildman–Crippen MR) is 113 cm³/mol. The molecule has 6 nitrogen and oxygen atoms in total. The number of anilines is 2. The van der Waals surface area contributed by atoms with Gasteiger partial charge in [-0.15, -0.1) is 0 Å². The fraction of sp³-hybridized carbons (Fsp3) is 0.364. The zero-order valence-corrected chi connectivity index (χ0v) is 17.0. The number of nitrogens with zero attached hydrogens (tertiary/aromatic N) is 2. The quantitative estimate of drug-likeness (QED) is 0.760. The van der Waals surface area contributed by atoms with Gasteiger partial charge in [0.1, 0.15) is 5.82 Å². The van der Waals surface area contributed by atoms with Gasteiger partial charge in [-0.3, -0.25) is 9.59 Å². The summed E-state index contributed by atoms with van der Waals surface area (Å²) in [5.74, 6) is -2.05. The SMILES string of the molecule is CN1CCCc2cc(C(CNC(=O)C(=O)Nc3cccc(F)c3)N(C)C)ccc21. The topological polar surface area (TPSA) is 64.7 Å². The number of benzene rings is 2. The van der Waals surface area contributed by atoms with E-state index in [1.165, 1.54) is 29.4 Å². The van der Waals surface area contributed by atoms with Crippen LogP contribution in [0, 0.1) is 5.82 Å². The zero-order chi connectivity index (χ0) is 21.0. The van der Waals surface area contributed by atoms with Crippen LogP contribution in [-0.4, -0.2) is 50.9 Å². The fourth-order valence-corrected chi connectivity index (χ4v) is 3.63. The summed E-state index contributed by atoms with van der Waals surface area (Å²) in [5.41, 5.74) is 3.89. The largest absolute Gasteiger partial charge is 0.374 e. The van der Waals surface area contributed by atoms with Gasteiger partial charge >= 0.3 is 11.8 Å². The van der Waals surface area contributed by atoms with E-state index >= 15 is 0 Å². The smallest absolute Gasteiger partial charge is 0.313 e. The van der Waals surface area contributed by atoms with Crippen LogP contribution in [0.3, 0.4) is 0 Å². The molecule has 1 atom stereocenters. The maximum atomic E-state index is 13.2. The molecule has 3 rings (SSSR count). The van der Waals surface area contributed by atoms with Gasteiger partial charge in [-0.05, 0) is 62.3 Å². The molecule has 0 saturated heterocycles. The van der Waals surface area contributed by atoms with Gasteiger partial charge < -0.3 is 20.4 Å². The number of hydrogen-bond donors (Lipinski definition) is 2. The van der Waals surface area contributed by atoms with Crippen molar-refractivity contribution >= 4 is 23.2 Å². The minimum atomic E-state index is -0.819. The van der Waals surface area contributed by atoms with Crippen molar-refractivity contribution in [3.05, 3.63) is 59.4 Å². The van der Waals surface area contributed by atoms with E-state index in [0.717, 1.165) is 31.0 Å². The van der Waals surface area contributed by atoms with Crippen LogP contribution in [0.2, 0.25) is 0 Å². The van der Waals surface area contributed by atoms with Gasteiger partial charge in [0.15, 0.2) is 0 Å². The van der Waals surface area contributed by atoms with Gasteiger partial charge in [0.05, 0.1) is 6.04 Å². The molecule has 2 amide bonds. The van der Waals surface area contributed by atoms with Crippen LogP contribution >= 0.6 is 0 Å². The Morgan fingerprint density at radius 3 is 2.69 bits per heavy atom. The molecule has 29 heavy (non-hydrogen) atoms. The maximum absolute atomic E-state index is 13.2. The molecule has 0 aromatic heterocycles. The summed E-state index contributed by atoms with van der Waals surface area (Å²) in [7, 11) is 5.98. The lowest BCUT2D eigenvalue weighted by Gasteiger charge is -2.30. The highest BCUT2D eigenvalue weighted by Crippen LogP contribution is 2.29. The van der Waals surface area contributed by atoms with E-state index < -0.39 is 17.6 Å². The number of carbonyl (C=O) groups is 2. The first kappa shape index (κ1) is 20.8. The molecule has 2 aromatic carbocycles. The van der Waals surface area contributed by atoms with Gasteiger partial charge in [-0.25, -0.2) is 4.39 Å². The van der Waals surface area contributed by atoms with Crippen LogP contribution in [0.25, 0.3) is 0 Å². The average Bonchev–Trinajstić information content (AvgIpc) is 2.68. The molecule has 1 aliphatic heterocycles. The number of aryl methyl sites for hydroxylation is 1. The Balaban J connectivity index is 1.65. The molecule has 1 aliphatic rings. The van der Waals surface area contributed by atoms with Crippen LogP contribution in [0.15, 0.2) is 42.5 Å². The summed E-state index contributed by atoms with van der Waals surface area (Å²) < 4.78 is 13.2. The standard InChI is InChI=1S/C22H27FN4O2/c1-26(2)20(16-9-10-19-15(12-16)6-5-11-27(19)3)14-24-21(28)22(29)25-18-8-4-7-17(23)13-18/h4,7-10,12-13,20H,5-6,11,14H2,1-3H3,(H,24,28)(H,25,29). The molecule has 7 heteroatoms. The molecule has 154 valence electrons. The third kappa shape index (κ3) is 5.12. The van der Waals surface area contributed by atoms with Crippen molar-refractivity contribution in [1.82, 2.24) is 10.2 Å². The number of nitrogens with one attached hydrogen (secondary N) is 2. The monoisotopic (exact) mass is 398 g/mol. The second-order valence-electron chi connectivity index (χ2n) is 7.57. The second-order valence-corrected chi connectivity index (χ2v) is 7.57. The lowest BCUT2D eigenvalue weighted by molar-refractivity contribution is -0.136. The highest BCUT2D eigenvalue weighted by atomic mass is 19.1. The van der Waals surface area contributed by atoms with Crippen LogP contribution in [-0.2, 0) is 16.0 Å². The van der Waals surface area contributed by atoms with Crippen molar-refractivity contribution in [3.8, 4) is 0 Å². The first-order valence-corrected chi connectivity index (χ1v) is 9.70. The minimum absolute atomic E-state index is 0.0709. The van der Waals surface area contributed by atoms with Gasteiger partial charge in [-0.2, -0.15) is 0 Å². The van der Waals surface area contributed by atoms with Crippen molar-refractivity contribution in [2.45, 2.75) is 18.9 Å². The third-order valence-electron chi connectivity index (χ3n) is 5.21. The van der Waals surface area contributed by atoms with E-state index in [1.54, 1.807) is 0 Å². The van der Waals surface area contributed by atoms with E-state index in [1.807, 2.05) is 19.0 Å². The summed E-state index contributed by atoms with van der Waals surface area (Å²) in [4.78, 5) is 28.6. The lowest BCUT2D eigenvalue weighted by Crippen LogP contribution is -2.40. The number of carbonyl (C=O) groups excluding carboxylic acids is 2. The molecule has 0 fully saturated rings. The van der Waals surface area contributed by atoms with E-state index in [-0.39, 0.29) is 18.3 Å². The Labute approximate surface area is 170 Å². The Morgan fingerprint density at radius 2 is 1.97 bits per heavy atom. The summed E-state index contributed by atoms with van der Waals surface area (Å²) in [6, 6.07) is 11.8. The Bertz CT molecular complexity index is 900. The molecular formula is C22H27FN4O2. The molecule has 1 unspecified atom stereocenters. The third-order valence-corrected chi connectivity index (χ3v) is 5.21. The number of fused-ring (bicyclic) bond motifs is 1. The Hall–Kier alpha value is -2.93. The van der Waals surface area contributed by atoms with Gasteiger partial charge in [0.25, 0.3) is 0 Å². The summed E-state index contributed by atoms with van der Waals surface area (Å²) >= 11 is 0. The lowest BCUT2D eigenvalue weighted by atomic mass is 9.96. The zero-order valence-electron chi connectivity index (χ0n) is 17.0. The number of likely N-dealkylation sites (N-methyl/N-ethyl adjacent to an activating group) is 1. The number of rotatable bonds is 5. The van der Waals surface area contributed by atoms with Gasteiger partial charge in [0.2, 0.25) is 0 Å². The molecule has 0 spiro atoms. The molecule has 0 radical (unpaired) electrons. The second kappa shape index (κ2) is 9.05. The molecule has 0 saturated carbocycles. The molecule has 2 N–H and O–H groups in total. The van der Waals surface area contributed by atoms with E-state index in [4.69, 9.17) is 0 Å². The van der Waals surface area contributed by atoms with Crippen LogP contribution < -0.4 is 15.5 Å². The first-order valence-electron chi connectivity index (χ1n) is 9.70. The van der Waals surface area contributed by atoms with Crippen molar-refractivity contribution in [3.63, 3.8) is 0 Å². The maximum Gasteiger partial charge on any atom is 0.313 e. The van der Waals surface area contributed by atoms with E-state index in [2.05, 4.69) is 40.8 Å². The van der Waals surface area contributed by atoms with Crippen LogP contribution in [0.5, 0.6) is 0 Å². The fourth-order valence-electron chi connectivity index (χ4n) is 3.63. The summed E-state index contributed by atoms with van der Waals surface area (Å²) in [6.45, 7) is 1.34. The molecule has 0 bridgehead atoms. The van der Waals surface area contributed by atoms with Crippen LogP contribution in [0.1, 0.15) is 23.6 Å². The first-order chi connectivity index (χ1) is 13.8. The Kier molecular flexibility index (Phi) is 6.49. The van der Waals surface area contributed by atoms with Crippen molar-refractivity contribution in [2.75, 3.05) is 44.4 Å². The van der Waals surface area contributed by atoms with Crippen molar-refractivity contribution in [2.24, 2.45) is 0 Å². The molecule has 1 heterocycles. The van der Waals surface area contributed by atoms with E-state index in [0.29, 0.717) is 0 Å². The van der Waals surface area contributed by atoms with Gasteiger partial charge in [-0.1, -0.05) is 18.2 Å². The minimum Gasteiger partial charge on any atom is -0.374 e. The number of amides is 2. The number of hydrogen-bond acceptors (Lipinski definition) is 4. The predicted octanol–water partition coefficient (Wildman–Crippen LogP) is 2.57. The molecule has 2 aromatic rings. The number of halogens is 1. The van der Waals surface area contributed by atoms with Crippen molar-refractivity contribution < 1.29 is 14.0 Å². The highest BCUT2D eigenvalue weighted by Gasteiger charge is 2.21. The van der Waals surface area contributed by atoms with E-state index in [9.17, 15) is 14.0 Å². The summed E-state index contributed by atoms with van der Waals surface area (Å²) in [6.07, 6.45) is 2.16.